The summed E-state index contributed by atoms with van der Waals surface area (Å²) < 4.78 is 0. The minimum atomic E-state index is -0.614. The van der Waals surface area contributed by atoms with E-state index in [9.17, 15) is 5.11 Å². The zero-order valence-corrected chi connectivity index (χ0v) is 15.1. The summed E-state index contributed by atoms with van der Waals surface area (Å²) in [5, 5.41) is 18.6. The molecule has 0 aliphatic heterocycles. The summed E-state index contributed by atoms with van der Waals surface area (Å²) in [5.41, 5.74) is 1.87. The van der Waals surface area contributed by atoms with Crippen molar-refractivity contribution < 1.29 is 5.11 Å². The lowest BCUT2D eigenvalue weighted by atomic mass is 9.85. The van der Waals surface area contributed by atoms with Gasteiger partial charge >= 0.3 is 0 Å². The molecule has 0 saturated heterocycles. The third-order valence-electron chi connectivity index (χ3n) is 5.02. The summed E-state index contributed by atoms with van der Waals surface area (Å²) in [7, 11) is 0. The smallest absolute Gasteiger partial charge is 0.191 e. The average Bonchev–Trinajstić information content (AvgIpc) is 3.04. The number of aliphatic hydroxyl groups is 1. The van der Waals surface area contributed by atoms with Crippen molar-refractivity contribution in [1.29, 1.82) is 0 Å². The van der Waals surface area contributed by atoms with Gasteiger partial charge in [-0.2, -0.15) is 0 Å². The predicted octanol–water partition coefficient (Wildman–Crippen LogP) is 2.96. The molecule has 0 bridgehead atoms. The highest BCUT2D eigenvalue weighted by molar-refractivity contribution is 5.83. The Morgan fingerprint density at radius 1 is 1.20 bits per heavy atom. The molecule has 5 nitrogen and oxygen atoms in total. The molecule has 1 aliphatic carbocycles. The fourth-order valence-corrected chi connectivity index (χ4v) is 3.59. The largest absolute Gasteiger partial charge is 0.388 e. The fourth-order valence-electron chi connectivity index (χ4n) is 3.59. The maximum Gasteiger partial charge on any atom is 0.191 e. The number of benzene rings is 1. The van der Waals surface area contributed by atoms with Gasteiger partial charge in [-0.1, -0.05) is 37.5 Å². The van der Waals surface area contributed by atoms with Crippen LogP contribution in [0.1, 0.15) is 44.6 Å². The van der Waals surface area contributed by atoms with Crippen LogP contribution in [0.25, 0.3) is 10.9 Å². The molecule has 1 fully saturated rings. The number of rotatable bonds is 6. The number of fused-ring (bicyclic) bond motifs is 1. The van der Waals surface area contributed by atoms with Crippen molar-refractivity contribution >= 4 is 16.9 Å². The number of aliphatic imine (C=N–C) groups is 1. The molecule has 0 radical (unpaired) electrons. The number of guanidine groups is 1. The summed E-state index contributed by atoms with van der Waals surface area (Å²) in [4.78, 5) is 7.94. The second-order valence-corrected chi connectivity index (χ2v) is 7.02. The van der Waals surface area contributed by atoms with Crippen LogP contribution in [0.3, 0.4) is 0 Å². The quantitative estimate of drug-likeness (QED) is 0.482. The minimum absolute atomic E-state index is 0.482. The van der Waals surface area contributed by atoms with Crippen molar-refractivity contribution in [1.82, 2.24) is 15.6 Å². The first kappa shape index (κ1) is 17.8. The van der Waals surface area contributed by atoms with E-state index in [1.165, 1.54) is 22.9 Å². The van der Waals surface area contributed by atoms with E-state index in [4.69, 9.17) is 0 Å². The highest BCUT2D eigenvalue weighted by Crippen LogP contribution is 2.28. The number of nitrogens with zero attached hydrogens (tertiary/aromatic N) is 1. The number of H-pyrrole nitrogens is 1. The van der Waals surface area contributed by atoms with Gasteiger partial charge in [0.05, 0.1) is 12.1 Å². The van der Waals surface area contributed by atoms with Gasteiger partial charge in [0, 0.05) is 30.2 Å². The Balaban J connectivity index is 1.55. The number of para-hydroxylation sites is 1. The lowest BCUT2D eigenvalue weighted by Crippen LogP contribution is -2.41. The first-order valence-electron chi connectivity index (χ1n) is 9.50. The van der Waals surface area contributed by atoms with Gasteiger partial charge in [-0.15, -0.1) is 0 Å². The standard InChI is InChI=1S/C20H30N4O/c1-2-21-19(24-15-20(25)11-6-3-7-12-20)22-13-10-16-14-23-18-9-5-4-8-17(16)18/h4-5,8-9,14,23,25H,2-3,6-7,10-13,15H2,1H3,(H2,21,22,24). The lowest BCUT2D eigenvalue weighted by molar-refractivity contribution is 0.0131. The molecule has 2 aromatic rings. The fraction of sp³-hybridized carbons (Fsp3) is 0.550. The molecule has 0 unspecified atom stereocenters. The van der Waals surface area contributed by atoms with E-state index in [0.717, 1.165) is 51.2 Å². The molecular weight excluding hydrogens is 312 g/mol. The van der Waals surface area contributed by atoms with Crippen LogP contribution < -0.4 is 10.6 Å². The van der Waals surface area contributed by atoms with E-state index < -0.39 is 5.60 Å². The van der Waals surface area contributed by atoms with Crippen molar-refractivity contribution in [2.45, 2.75) is 51.0 Å². The molecule has 0 spiro atoms. The topological polar surface area (TPSA) is 72.4 Å². The van der Waals surface area contributed by atoms with Gasteiger partial charge in [0.15, 0.2) is 5.96 Å². The first-order chi connectivity index (χ1) is 12.2. The van der Waals surface area contributed by atoms with Crippen LogP contribution >= 0.6 is 0 Å². The van der Waals surface area contributed by atoms with Crippen molar-refractivity contribution in [3.63, 3.8) is 0 Å². The first-order valence-corrected chi connectivity index (χ1v) is 9.50. The van der Waals surface area contributed by atoms with Gasteiger partial charge in [-0.25, -0.2) is 0 Å². The van der Waals surface area contributed by atoms with Gasteiger partial charge in [0.1, 0.15) is 0 Å². The monoisotopic (exact) mass is 342 g/mol. The summed E-state index contributed by atoms with van der Waals surface area (Å²) in [5.74, 6) is 0.793. The van der Waals surface area contributed by atoms with Gasteiger partial charge in [-0.3, -0.25) is 4.99 Å². The maximum atomic E-state index is 10.6. The highest BCUT2D eigenvalue weighted by atomic mass is 16.3. The van der Waals surface area contributed by atoms with Crippen molar-refractivity contribution in [2.24, 2.45) is 4.99 Å². The molecule has 1 aromatic carbocycles. The molecule has 1 aromatic heterocycles. The third-order valence-corrected chi connectivity index (χ3v) is 5.02. The average molecular weight is 342 g/mol. The molecule has 0 atom stereocenters. The zero-order chi connectivity index (χ0) is 17.5. The Kier molecular flexibility index (Phi) is 5.97. The van der Waals surface area contributed by atoms with Crippen LogP contribution in [-0.4, -0.2) is 41.3 Å². The van der Waals surface area contributed by atoms with Gasteiger partial charge < -0.3 is 20.7 Å². The van der Waals surface area contributed by atoms with E-state index >= 15 is 0 Å². The Morgan fingerprint density at radius 2 is 2.00 bits per heavy atom. The number of aromatic nitrogens is 1. The van der Waals surface area contributed by atoms with Crippen molar-refractivity contribution in [3.8, 4) is 0 Å². The number of hydrogen-bond acceptors (Lipinski definition) is 2. The van der Waals surface area contributed by atoms with Crippen LogP contribution in [0.4, 0.5) is 0 Å². The maximum absolute atomic E-state index is 10.6. The molecule has 1 aliphatic rings. The van der Waals surface area contributed by atoms with Crippen LogP contribution in [0.5, 0.6) is 0 Å². The van der Waals surface area contributed by atoms with Crippen LogP contribution in [0.2, 0.25) is 0 Å². The highest BCUT2D eigenvalue weighted by Gasteiger charge is 2.28. The Hall–Kier alpha value is -2.01. The summed E-state index contributed by atoms with van der Waals surface area (Å²) in [6.45, 7) is 4.17. The van der Waals surface area contributed by atoms with E-state index in [2.05, 4.69) is 51.9 Å². The molecule has 1 heterocycles. The third kappa shape index (κ3) is 4.75. The SMILES string of the molecule is CCNC(=NCC1(O)CCCCC1)NCCc1c[nH]c2ccccc12. The molecule has 25 heavy (non-hydrogen) atoms. The van der Waals surface area contributed by atoms with E-state index in [-0.39, 0.29) is 0 Å². The number of hydrogen-bond donors (Lipinski definition) is 4. The lowest BCUT2D eigenvalue weighted by Gasteiger charge is -2.30. The molecule has 4 N–H and O–H groups in total. The molecule has 0 amide bonds. The normalized spacial score (nSPS) is 17.6. The molecule has 3 rings (SSSR count). The predicted molar refractivity (Wildman–Crippen MR) is 104 cm³/mol. The number of nitrogens with one attached hydrogen (secondary N) is 3. The van der Waals surface area contributed by atoms with Crippen LogP contribution in [0, 0.1) is 0 Å². The Labute approximate surface area is 149 Å². The second-order valence-electron chi connectivity index (χ2n) is 7.02. The Bertz CT molecular complexity index is 701. The van der Waals surface area contributed by atoms with E-state index in [1.807, 2.05) is 6.07 Å². The molecule has 1 saturated carbocycles. The molecular formula is C20H30N4O. The van der Waals surface area contributed by atoms with Crippen LogP contribution in [0.15, 0.2) is 35.5 Å². The summed E-state index contributed by atoms with van der Waals surface area (Å²) in [6.07, 6.45) is 8.19. The van der Waals surface area contributed by atoms with Gasteiger partial charge in [-0.05, 0) is 37.8 Å². The minimum Gasteiger partial charge on any atom is -0.388 e. The molecule has 136 valence electrons. The van der Waals surface area contributed by atoms with E-state index in [1.54, 1.807) is 0 Å². The van der Waals surface area contributed by atoms with Gasteiger partial charge in [0.25, 0.3) is 0 Å². The van der Waals surface area contributed by atoms with E-state index in [0.29, 0.717) is 6.54 Å². The van der Waals surface area contributed by atoms with Crippen LogP contribution in [-0.2, 0) is 6.42 Å². The Morgan fingerprint density at radius 3 is 2.80 bits per heavy atom. The van der Waals surface area contributed by atoms with Crippen molar-refractivity contribution in [3.05, 3.63) is 36.0 Å². The number of aromatic amines is 1. The zero-order valence-electron chi connectivity index (χ0n) is 15.1. The molecule has 5 heteroatoms. The summed E-state index contributed by atoms with van der Waals surface area (Å²) >= 11 is 0. The second kappa shape index (κ2) is 8.39. The van der Waals surface area contributed by atoms with Crippen molar-refractivity contribution in [2.75, 3.05) is 19.6 Å². The summed E-state index contributed by atoms with van der Waals surface area (Å²) in [6, 6.07) is 8.37. The van der Waals surface area contributed by atoms with Gasteiger partial charge in [0.2, 0.25) is 0 Å².